The van der Waals surface area contributed by atoms with Gasteiger partial charge >= 0.3 is 0 Å². The molecular weight excluding hydrogens is 314 g/mol. The molecule has 1 aliphatic rings. The number of amides is 2. The maximum absolute atomic E-state index is 12.4. The SMILES string of the molecule is CCCC(=O)N1CSCC1C(=O)NCc1nnc(C(C)C)n1C. The highest BCUT2D eigenvalue weighted by atomic mass is 32.2. The molecule has 0 saturated carbocycles. The Bertz CT molecular complexity index is 572. The number of carbonyl (C=O) groups excluding carboxylic acids is 2. The van der Waals surface area contributed by atoms with Crippen molar-refractivity contribution in [1.29, 1.82) is 0 Å². The van der Waals surface area contributed by atoms with Crippen LogP contribution in [0.4, 0.5) is 0 Å². The van der Waals surface area contributed by atoms with Crippen molar-refractivity contribution < 1.29 is 9.59 Å². The molecule has 0 radical (unpaired) electrons. The molecule has 1 fully saturated rings. The highest BCUT2D eigenvalue weighted by molar-refractivity contribution is 7.99. The monoisotopic (exact) mass is 339 g/mol. The van der Waals surface area contributed by atoms with Gasteiger partial charge in [-0.3, -0.25) is 9.59 Å². The van der Waals surface area contributed by atoms with Crippen molar-refractivity contribution in [3.8, 4) is 0 Å². The van der Waals surface area contributed by atoms with Gasteiger partial charge in [0.05, 0.1) is 12.4 Å². The highest BCUT2D eigenvalue weighted by Gasteiger charge is 2.34. The summed E-state index contributed by atoms with van der Waals surface area (Å²) < 4.78 is 1.91. The minimum Gasteiger partial charge on any atom is -0.347 e. The number of nitrogens with zero attached hydrogens (tertiary/aromatic N) is 4. The van der Waals surface area contributed by atoms with Crippen LogP contribution in [0.3, 0.4) is 0 Å². The van der Waals surface area contributed by atoms with Crippen molar-refractivity contribution in [3.63, 3.8) is 0 Å². The first-order valence-electron chi connectivity index (χ1n) is 7.98. The van der Waals surface area contributed by atoms with Crippen molar-refractivity contribution in [1.82, 2.24) is 25.0 Å². The van der Waals surface area contributed by atoms with Crippen LogP contribution in [0.5, 0.6) is 0 Å². The van der Waals surface area contributed by atoms with Gasteiger partial charge in [-0.05, 0) is 6.42 Å². The molecule has 1 aromatic heterocycles. The third kappa shape index (κ3) is 4.04. The van der Waals surface area contributed by atoms with Gasteiger partial charge in [-0.2, -0.15) is 0 Å². The number of hydrogen-bond acceptors (Lipinski definition) is 5. The number of nitrogens with one attached hydrogen (secondary N) is 1. The van der Waals surface area contributed by atoms with Gasteiger partial charge in [-0.25, -0.2) is 0 Å². The Morgan fingerprint density at radius 3 is 2.74 bits per heavy atom. The molecule has 2 heterocycles. The zero-order valence-electron chi connectivity index (χ0n) is 14.2. The Morgan fingerprint density at radius 1 is 1.39 bits per heavy atom. The fourth-order valence-corrected chi connectivity index (χ4v) is 3.76. The molecular formula is C15H25N5O2S. The lowest BCUT2D eigenvalue weighted by Gasteiger charge is -2.22. The van der Waals surface area contributed by atoms with Gasteiger partial charge in [0.1, 0.15) is 11.9 Å². The minimum absolute atomic E-state index is 0.0541. The number of rotatable bonds is 6. The summed E-state index contributed by atoms with van der Waals surface area (Å²) in [5.41, 5.74) is 0. The predicted molar refractivity (Wildman–Crippen MR) is 89.8 cm³/mol. The van der Waals surface area contributed by atoms with Gasteiger partial charge in [0.15, 0.2) is 5.82 Å². The summed E-state index contributed by atoms with van der Waals surface area (Å²) in [6.45, 7) is 6.40. The number of hydrogen-bond donors (Lipinski definition) is 1. The third-order valence-electron chi connectivity index (χ3n) is 3.91. The van der Waals surface area contributed by atoms with Crippen LogP contribution in [0.25, 0.3) is 0 Å². The summed E-state index contributed by atoms with van der Waals surface area (Å²) in [6, 6.07) is -0.378. The predicted octanol–water partition coefficient (Wildman–Crippen LogP) is 1.26. The normalized spacial score (nSPS) is 17.8. The number of carbonyl (C=O) groups is 2. The van der Waals surface area contributed by atoms with E-state index in [2.05, 4.69) is 29.4 Å². The van der Waals surface area contributed by atoms with E-state index in [4.69, 9.17) is 0 Å². The zero-order valence-corrected chi connectivity index (χ0v) is 15.0. The fourth-order valence-electron chi connectivity index (χ4n) is 2.58. The summed E-state index contributed by atoms with van der Waals surface area (Å²) >= 11 is 1.62. The van der Waals surface area contributed by atoms with Crippen LogP contribution >= 0.6 is 11.8 Å². The van der Waals surface area contributed by atoms with Crippen LogP contribution in [0.1, 0.15) is 51.2 Å². The average molecular weight is 339 g/mol. The maximum atomic E-state index is 12.4. The molecule has 23 heavy (non-hydrogen) atoms. The minimum atomic E-state index is -0.378. The number of thioether (sulfide) groups is 1. The molecule has 1 saturated heterocycles. The summed E-state index contributed by atoms with van der Waals surface area (Å²) in [5.74, 6) is 3.08. The lowest BCUT2D eigenvalue weighted by Crippen LogP contribution is -2.47. The Kier molecular flexibility index (Phi) is 6.04. The van der Waals surface area contributed by atoms with Crippen LogP contribution < -0.4 is 5.32 Å². The third-order valence-corrected chi connectivity index (χ3v) is 4.92. The summed E-state index contributed by atoms with van der Waals surface area (Å²) in [4.78, 5) is 26.2. The fraction of sp³-hybridized carbons (Fsp3) is 0.733. The number of aromatic nitrogens is 3. The van der Waals surface area contributed by atoms with Gasteiger partial charge in [-0.15, -0.1) is 22.0 Å². The molecule has 1 aliphatic heterocycles. The molecule has 0 spiro atoms. The van der Waals surface area contributed by atoms with Gasteiger partial charge in [0.25, 0.3) is 0 Å². The molecule has 1 atom stereocenters. The summed E-state index contributed by atoms with van der Waals surface area (Å²) in [5, 5.41) is 11.2. The van der Waals surface area contributed by atoms with Crippen molar-refractivity contribution in [2.75, 3.05) is 11.6 Å². The van der Waals surface area contributed by atoms with Crippen LogP contribution in [0, 0.1) is 0 Å². The van der Waals surface area contributed by atoms with E-state index in [0.29, 0.717) is 24.6 Å². The second-order valence-corrected chi connectivity index (χ2v) is 7.03. The maximum Gasteiger partial charge on any atom is 0.244 e. The van der Waals surface area contributed by atoms with Crippen LogP contribution in [-0.4, -0.2) is 49.2 Å². The first-order chi connectivity index (χ1) is 11.0. The average Bonchev–Trinajstić information content (AvgIpc) is 3.12. The van der Waals surface area contributed by atoms with Crippen LogP contribution in [-0.2, 0) is 23.2 Å². The van der Waals surface area contributed by atoms with E-state index in [1.807, 2.05) is 18.5 Å². The summed E-state index contributed by atoms with van der Waals surface area (Å²) in [7, 11) is 1.90. The Labute approximate surface area is 141 Å². The van der Waals surface area contributed by atoms with Crippen molar-refractivity contribution in [2.45, 2.75) is 52.1 Å². The first kappa shape index (κ1) is 17.8. The lowest BCUT2D eigenvalue weighted by molar-refractivity contribution is -0.138. The smallest absolute Gasteiger partial charge is 0.244 e. The van der Waals surface area contributed by atoms with Crippen molar-refractivity contribution in [2.24, 2.45) is 7.05 Å². The molecule has 1 N–H and O–H groups in total. The molecule has 7 nitrogen and oxygen atoms in total. The Morgan fingerprint density at radius 2 is 2.13 bits per heavy atom. The van der Waals surface area contributed by atoms with Crippen molar-refractivity contribution in [3.05, 3.63) is 11.6 Å². The topological polar surface area (TPSA) is 80.1 Å². The molecule has 2 amide bonds. The van der Waals surface area contributed by atoms with E-state index >= 15 is 0 Å². The molecule has 0 aliphatic carbocycles. The molecule has 2 rings (SSSR count). The second-order valence-electron chi connectivity index (χ2n) is 6.04. The summed E-state index contributed by atoms with van der Waals surface area (Å²) in [6.07, 6.45) is 1.29. The molecule has 8 heteroatoms. The largest absolute Gasteiger partial charge is 0.347 e. The van der Waals surface area contributed by atoms with E-state index in [1.165, 1.54) is 0 Å². The standard InChI is InChI=1S/C15H25N5O2S/c1-5-6-13(21)20-9-23-8-11(20)15(22)16-7-12-17-18-14(10(2)3)19(12)4/h10-11H,5-9H2,1-4H3,(H,16,22). The van der Waals surface area contributed by atoms with E-state index < -0.39 is 0 Å². The first-order valence-corrected chi connectivity index (χ1v) is 9.14. The lowest BCUT2D eigenvalue weighted by atomic mass is 10.2. The molecule has 128 valence electrons. The van der Waals surface area contributed by atoms with E-state index in [9.17, 15) is 9.59 Å². The Hall–Kier alpha value is -1.57. The van der Waals surface area contributed by atoms with Crippen LogP contribution in [0.2, 0.25) is 0 Å². The molecule has 1 unspecified atom stereocenters. The van der Waals surface area contributed by atoms with E-state index in [-0.39, 0.29) is 23.8 Å². The van der Waals surface area contributed by atoms with E-state index in [0.717, 1.165) is 18.1 Å². The van der Waals surface area contributed by atoms with E-state index in [1.54, 1.807) is 16.7 Å². The highest BCUT2D eigenvalue weighted by Crippen LogP contribution is 2.22. The zero-order chi connectivity index (χ0) is 17.0. The molecule has 1 aromatic rings. The van der Waals surface area contributed by atoms with Gasteiger partial charge in [-0.1, -0.05) is 20.8 Å². The second kappa shape index (κ2) is 7.81. The van der Waals surface area contributed by atoms with Gasteiger partial charge in [0, 0.05) is 25.1 Å². The quantitative estimate of drug-likeness (QED) is 0.844. The molecule has 0 aromatic carbocycles. The van der Waals surface area contributed by atoms with Crippen LogP contribution in [0.15, 0.2) is 0 Å². The molecule has 0 bridgehead atoms. The Balaban J connectivity index is 1.95. The van der Waals surface area contributed by atoms with Crippen molar-refractivity contribution >= 4 is 23.6 Å². The van der Waals surface area contributed by atoms with Gasteiger partial charge in [0.2, 0.25) is 11.8 Å². The van der Waals surface area contributed by atoms with Gasteiger partial charge < -0.3 is 14.8 Å².